The van der Waals surface area contributed by atoms with Crippen molar-refractivity contribution in [3.05, 3.63) is 57.9 Å². The molecule has 0 amide bonds. The Morgan fingerprint density at radius 1 is 1.33 bits per heavy atom. The first-order valence-corrected chi connectivity index (χ1v) is 6.58. The second-order valence-electron chi connectivity index (χ2n) is 4.53. The predicted molar refractivity (Wildman–Crippen MR) is 77.8 cm³/mol. The van der Waals surface area contributed by atoms with Crippen LogP contribution in [0.2, 0.25) is 5.02 Å². The lowest BCUT2D eigenvalue weighted by Crippen LogP contribution is -2.28. The normalized spacial score (nSPS) is 17.9. The van der Waals surface area contributed by atoms with E-state index in [2.05, 4.69) is 5.32 Å². The maximum Gasteiger partial charge on any atom is 0.336 e. The fourth-order valence-corrected chi connectivity index (χ4v) is 2.57. The zero-order valence-corrected chi connectivity index (χ0v) is 12.3. The van der Waals surface area contributed by atoms with Crippen molar-refractivity contribution in [2.24, 2.45) is 0 Å². The second kappa shape index (κ2) is 6.01. The number of esters is 1. The van der Waals surface area contributed by atoms with Crippen molar-refractivity contribution >= 4 is 23.5 Å². The third kappa shape index (κ3) is 2.78. The average Bonchev–Trinajstić information content (AvgIpc) is 2.46. The second-order valence-corrected chi connectivity index (χ2v) is 4.94. The number of carbonyl (C=O) groups excluding carboxylic acids is 1. The summed E-state index contributed by atoms with van der Waals surface area (Å²) in [5.74, 6) is -2.48. The summed E-state index contributed by atoms with van der Waals surface area (Å²) in [5.41, 5.74) is 1.29. The lowest BCUT2D eigenvalue weighted by Gasteiger charge is -2.26. The van der Waals surface area contributed by atoms with Gasteiger partial charge in [-0.25, -0.2) is 9.59 Å². The van der Waals surface area contributed by atoms with E-state index in [-0.39, 0.29) is 11.1 Å². The summed E-state index contributed by atoms with van der Waals surface area (Å²) >= 11 is 6.17. The lowest BCUT2D eigenvalue weighted by molar-refractivity contribution is -0.136. The number of allylic oxidation sites excluding steroid dienone is 1. The van der Waals surface area contributed by atoms with Crippen molar-refractivity contribution in [2.75, 3.05) is 7.11 Å². The molecule has 1 aromatic rings. The first kappa shape index (κ1) is 15.1. The van der Waals surface area contributed by atoms with Crippen molar-refractivity contribution in [3.8, 4) is 0 Å². The number of dihydropyridines is 1. The van der Waals surface area contributed by atoms with Crippen LogP contribution < -0.4 is 5.32 Å². The van der Waals surface area contributed by atoms with Crippen LogP contribution in [-0.4, -0.2) is 24.2 Å². The number of methoxy groups -OCH3 is 1. The summed E-state index contributed by atoms with van der Waals surface area (Å²) in [7, 11) is 1.25. The van der Waals surface area contributed by atoms with Gasteiger partial charge < -0.3 is 15.2 Å². The summed E-state index contributed by atoms with van der Waals surface area (Å²) in [6.45, 7) is 1.64. The molecule has 0 aliphatic carbocycles. The number of rotatable bonds is 3. The minimum Gasteiger partial charge on any atom is -0.478 e. The molecule has 1 heterocycles. The Morgan fingerprint density at radius 2 is 2.00 bits per heavy atom. The Hall–Kier alpha value is -2.27. The van der Waals surface area contributed by atoms with Gasteiger partial charge in [-0.1, -0.05) is 29.8 Å². The van der Waals surface area contributed by atoms with Crippen LogP contribution >= 0.6 is 11.6 Å². The summed E-state index contributed by atoms with van der Waals surface area (Å²) in [5, 5.41) is 12.7. The van der Waals surface area contributed by atoms with E-state index in [1.165, 1.54) is 13.3 Å². The van der Waals surface area contributed by atoms with Gasteiger partial charge in [-0.15, -0.1) is 0 Å². The lowest BCUT2D eigenvalue weighted by atomic mass is 9.82. The molecular formula is C15H14ClNO4. The van der Waals surface area contributed by atoms with Gasteiger partial charge in [0.1, 0.15) is 0 Å². The topological polar surface area (TPSA) is 75.6 Å². The number of hydrogen-bond donors (Lipinski definition) is 2. The SMILES string of the molecule is COC(=O)C1=CNC(C)=C(C(=O)O)C1c1ccccc1Cl. The van der Waals surface area contributed by atoms with E-state index in [0.717, 1.165) is 0 Å². The van der Waals surface area contributed by atoms with Gasteiger partial charge in [0.25, 0.3) is 0 Å². The van der Waals surface area contributed by atoms with Gasteiger partial charge in [0.05, 0.1) is 24.2 Å². The van der Waals surface area contributed by atoms with Crippen LogP contribution in [0.1, 0.15) is 18.4 Å². The van der Waals surface area contributed by atoms with E-state index in [0.29, 0.717) is 16.3 Å². The molecule has 2 N–H and O–H groups in total. The van der Waals surface area contributed by atoms with Gasteiger partial charge in [-0.3, -0.25) is 0 Å². The van der Waals surface area contributed by atoms with Crippen LogP contribution in [0.25, 0.3) is 0 Å². The van der Waals surface area contributed by atoms with Crippen LogP contribution in [0.4, 0.5) is 0 Å². The number of benzene rings is 1. The fraction of sp³-hybridized carbons (Fsp3) is 0.200. The highest BCUT2D eigenvalue weighted by molar-refractivity contribution is 6.31. The van der Waals surface area contributed by atoms with E-state index in [1.54, 1.807) is 31.2 Å². The minimum absolute atomic E-state index is 0.0750. The molecule has 1 aromatic carbocycles. The smallest absolute Gasteiger partial charge is 0.336 e. The van der Waals surface area contributed by atoms with Crippen LogP contribution in [0.3, 0.4) is 0 Å². The number of hydrogen-bond acceptors (Lipinski definition) is 4. The van der Waals surface area contributed by atoms with Gasteiger partial charge in [-0.05, 0) is 18.6 Å². The average molecular weight is 308 g/mol. The van der Waals surface area contributed by atoms with Crippen LogP contribution in [0, 0.1) is 0 Å². The maximum absolute atomic E-state index is 11.9. The summed E-state index contributed by atoms with van der Waals surface area (Å²) < 4.78 is 4.74. The zero-order chi connectivity index (χ0) is 15.6. The Balaban J connectivity index is 2.64. The Morgan fingerprint density at radius 3 is 2.57 bits per heavy atom. The molecule has 1 unspecified atom stereocenters. The number of nitrogens with one attached hydrogen (secondary N) is 1. The van der Waals surface area contributed by atoms with Crippen molar-refractivity contribution in [1.82, 2.24) is 5.32 Å². The van der Waals surface area contributed by atoms with Crippen molar-refractivity contribution in [1.29, 1.82) is 0 Å². The first-order valence-electron chi connectivity index (χ1n) is 6.20. The van der Waals surface area contributed by atoms with Crippen LogP contribution in [0.5, 0.6) is 0 Å². The van der Waals surface area contributed by atoms with Gasteiger partial charge >= 0.3 is 11.9 Å². The maximum atomic E-state index is 11.9. The quantitative estimate of drug-likeness (QED) is 0.839. The number of carboxylic acids is 1. The van der Waals surface area contributed by atoms with Gasteiger partial charge in [0.15, 0.2) is 0 Å². The Bertz CT molecular complexity index is 663. The van der Waals surface area contributed by atoms with Crippen molar-refractivity contribution in [3.63, 3.8) is 0 Å². The van der Waals surface area contributed by atoms with Gasteiger partial charge in [0.2, 0.25) is 0 Å². The van der Waals surface area contributed by atoms with E-state index < -0.39 is 17.9 Å². The monoisotopic (exact) mass is 307 g/mol. The molecule has 1 aliphatic rings. The van der Waals surface area contributed by atoms with Gasteiger partial charge in [0, 0.05) is 16.9 Å². The molecule has 0 spiro atoms. The van der Waals surface area contributed by atoms with Crippen LogP contribution in [-0.2, 0) is 14.3 Å². The molecule has 0 saturated carbocycles. The molecule has 2 rings (SSSR count). The number of ether oxygens (including phenoxy) is 1. The highest BCUT2D eigenvalue weighted by Gasteiger charge is 2.35. The van der Waals surface area contributed by atoms with E-state index in [9.17, 15) is 14.7 Å². The van der Waals surface area contributed by atoms with E-state index in [4.69, 9.17) is 16.3 Å². The molecule has 1 aliphatic heterocycles. The summed E-state index contributed by atoms with van der Waals surface area (Å²) in [6.07, 6.45) is 1.46. The first-order chi connectivity index (χ1) is 9.97. The molecule has 0 bridgehead atoms. The summed E-state index contributed by atoms with van der Waals surface area (Å²) in [4.78, 5) is 23.5. The number of carbonyl (C=O) groups is 2. The standard InChI is InChI=1S/C15H14ClNO4/c1-8-12(14(18)19)13(9-5-3-4-6-11(9)16)10(7-17-8)15(20)21-2/h3-7,13,17H,1-2H3,(H,18,19). The van der Waals surface area contributed by atoms with Crippen LogP contribution in [0.15, 0.2) is 47.3 Å². The van der Waals surface area contributed by atoms with Crippen molar-refractivity contribution in [2.45, 2.75) is 12.8 Å². The molecular weight excluding hydrogens is 294 g/mol. The molecule has 0 radical (unpaired) electrons. The highest BCUT2D eigenvalue weighted by atomic mass is 35.5. The Labute approximate surface area is 126 Å². The predicted octanol–water partition coefficient (Wildman–Crippen LogP) is 2.44. The van der Waals surface area contributed by atoms with E-state index >= 15 is 0 Å². The number of halogens is 1. The third-order valence-corrected chi connectivity index (χ3v) is 3.66. The number of aliphatic carboxylic acids is 1. The van der Waals surface area contributed by atoms with Crippen molar-refractivity contribution < 1.29 is 19.4 Å². The largest absolute Gasteiger partial charge is 0.478 e. The molecule has 5 nitrogen and oxygen atoms in total. The molecule has 21 heavy (non-hydrogen) atoms. The molecule has 110 valence electrons. The molecule has 0 aromatic heterocycles. The number of carboxylic acid groups (broad SMARTS) is 1. The molecule has 6 heteroatoms. The van der Waals surface area contributed by atoms with Gasteiger partial charge in [-0.2, -0.15) is 0 Å². The Kier molecular flexibility index (Phi) is 4.33. The fourth-order valence-electron chi connectivity index (χ4n) is 2.33. The zero-order valence-electron chi connectivity index (χ0n) is 11.5. The van der Waals surface area contributed by atoms with E-state index in [1.807, 2.05) is 0 Å². The highest BCUT2D eigenvalue weighted by Crippen LogP contribution is 2.39. The third-order valence-electron chi connectivity index (χ3n) is 3.32. The summed E-state index contributed by atoms with van der Waals surface area (Å²) in [6, 6.07) is 6.84. The minimum atomic E-state index is -1.11. The molecule has 1 atom stereocenters. The molecule has 0 fully saturated rings. The molecule has 0 saturated heterocycles.